The van der Waals surface area contributed by atoms with Crippen LogP contribution >= 0.6 is 11.6 Å². The molecule has 1 amide bonds. The van der Waals surface area contributed by atoms with Gasteiger partial charge in [-0.05, 0) is 42.5 Å². The van der Waals surface area contributed by atoms with E-state index in [1.165, 1.54) is 25.4 Å². The number of esters is 1. The van der Waals surface area contributed by atoms with Crippen LogP contribution in [0.25, 0.3) is 0 Å². The van der Waals surface area contributed by atoms with E-state index in [2.05, 4.69) is 20.4 Å². The zero-order valence-electron chi connectivity index (χ0n) is 14.7. The summed E-state index contributed by atoms with van der Waals surface area (Å²) in [7, 11) is 1.31. The lowest BCUT2D eigenvalue weighted by Gasteiger charge is -2.10. The number of carbonyl (C=O) groups is 2. The zero-order valence-corrected chi connectivity index (χ0v) is 15.5. The average Bonchev–Trinajstić information content (AvgIpc) is 2.69. The van der Waals surface area contributed by atoms with Crippen LogP contribution in [0, 0.1) is 5.82 Å². The van der Waals surface area contributed by atoms with Gasteiger partial charge >= 0.3 is 5.97 Å². The highest BCUT2D eigenvalue weighted by Gasteiger charge is 2.16. The number of hydrogen-bond acceptors (Lipinski definition) is 5. The highest BCUT2D eigenvalue weighted by atomic mass is 35.5. The lowest BCUT2D eigenvalue weighted by molar-refractivity contribution is 0.0600. The van der Waals surface area contributed by atoms with Gasteiger partial charge in [0.1, 0.15) is 11.6 Å². The number of carbonyl (C=O) groups excluding carboxylic acids is 2. The summed E-state index contributed by atoms with van der Waals surface area (Å²) in [6, 6.07) is 14.0. The third kappa shape index (κ3) is 4.44. The maximum absolute atomic E-state index is 13.8. The molecule has 0 fully saturated rings. The Morgan fingerprint density at radius 3 is 2.54 bits per heavy atom. The fraction of sp³-hybridized carbons (Fsp3) is 0.0500. The van der Waals surface area contributed by atoms with Gasteiger partial charge in [-0.3, -0.25) is 4.79 Å². The number of nitrogens with one attached hydrogen (secondary N) is 2. The second-order valence-corrected chi connectivity index (χ2v) is 6.09. The highest BCUT2D eigenvalue weighted by Crippen LogP contribution is 2.22. The molecule has 2 N–H and O–H groups in total. The van der Waals surface area contributed by atoms with Crippen LogP contribution in [0.5, 0.6) is 0 Å². The molecule has 28 heavy (non-hydrogen) atoms. The van der Waals surface area contributed by atoms with E-state index < -0.39 is 17.7 Å². The molecule has 1 heterocycles. The van der Waals surface area contributed by atoms with E-state index in [0.717, 1.165) is 6.07 Å². The summed E-state index contributed by atoms with van der Waals surface area (Å²) < 4.78 is 18.5. The van der Waals surface area contributed by atoms with Crippen LogP contribution in [0.15, 0.2) is 60.8 Å². The van der Waals surface area contributed by atoms with E-state index in [4.69, 9.17) is 11.6 Å². The van der Waals surface area contributed by atoms with Gasteiger partial charge in [0.2, 0.25) is 0 Å². The zero-order chi connectivity index (χ0) is 20.1. The first-order valence-corrected chi connectivity index (χ1v) is 8.52. The number of nitrogens with zero attached hydrogens (tertiary/aromatic N) is 1. The molecule has 2 aromatic carbocycles. The van der Waals surface area contributed by atoms with Crippen molar-refractivity contribution in [3.05, 3.63) is 82.8 Å². The molecule has 8 heteroatoms. The van der Waals surface area contributed by atoms with Gasteiger partial charge in [-0.15, -0.1) is 0 Å². The topological polar surface area (TPSA) is 80.3 Å². The summed E-state index contributed by atoms with van der Waals surface area (Å²) in [4.78, 5) is 28.0. The monoisotopic (exact) mass is 399 g/mol. The third-order valence-electron chi connectivity index (χ3n) is 3.77. The van der Waals surface area contributed by atoms with Crippen molar-refractivity contribution in [2.24, 2.45) is 0 Å². The molecule has 0 spiro atoms. The van der Waals surface area contributed by atoms with Crippen molar-refractivity contribution in [2.75, 3.05) is 17.7 Å². The molecule has 0 aliphatic carbocycles. The summed E-state index contributed by atoms with van der Waals surface area (Å²) in [5.74, 6) is -1.33. The van der Waals surface area contributed by atoms with Crippen molar-refractivity contribution in [2.45, 2.75) is 0 Å². The molecule has 1 aromatic heterocycles. The van der Waals surface area contributed by atoms with Crippen molar-refractivity contribution >= 4 is 40.7 Å². The van der Waals surface area contributed by atoms with E-state index in [1.54, 1.807) is 36.4 Å². The number of pyridine rings is 1. The molecule has 3 rings (SSSR count). The quantitative estimate of drug-likeness (QED) is 0.610. The second-order valence-electron chi connectivity index (χ2n) is 5.68. The SMILES string of the molecule is COC(=O)c1cccc(Nc2ccc(NC(=O)c3c(F)cccc3Cl)cn2)c1. The predicted octanol–water partition coefficient (Wildman–Crippen LogP) is 4.66. The molecule has 0 radical (unpaired) electrons. The fourth-order valence-electron chi connectivity index (χ4n) is 2.44. The minimum absolute atomic E-state index is 0.0224. The summed E-state index contributed by atoms with van der Waals surface area (Å²) in [5.41, 5.74) is 1.19. The number of ether oxygens (including phenoxy) is 1. The molecule has 0 saturated carbocycles. The molecule has 0 aliphatic rings. The Morgan fingerprint density at radius 1 is 1.07 bits per heavy atom. The molecule has 0 saturated heterocycles. The van der Waals surface area contributed by atoms with E-state index in [-0.39, 0.29) is 10.6 Å². The van der Waals surface area contributed by atoms with Gasteiger partial charge in [-0.2, -0.15) is 0 Å². The van der Waals surface area contributed by atoms with Crippen molar-refractivity contribution in [3.8, 4) is 0 Å². The van der Waals surface area contributed by atoms with Gasteiger partial charge in [-0.1, -0.05) is 23.7 Å². The fourth-order valence-corrected chi connectivity index (χ4v) is 2.69. The molecule has 0 unspecified atom stereocenters. The van der Waals surface area contributed by atoms with Crippen molar-refractivity contribution in [3.63, 3.8) is 0 Å². The van der Waals surface area contributed by atoms with Crippen LogP contribution in [0.4, 0.5) is 21.6 Å². The Kier molecular flexibility index (Phi) is 5.86. The number of methoxy groups -OCH3 is 1. The predicted molar refractivity (Wildman–Crippen MR) is 105 cm³/mol. The Bertz CT molecular complexity index is 1010. The van der Waals surface area contributed by atoms with Crippen molar-refractivity contribution in [1.82, 2.24) is 4.98 Å². The van der Waals surface area contributed by atoms with Gasteiger partial charge in [0.05, 0.1) is 35.1 Å². The number of anilines is 3. The molecule has 0 aliphatic heterocycles. The maximum Gasteiger partial charge on any atom is 0.337 e. The average molecular weight is 400 g/mol. The smallest absolute Gasteiger partial charge is 0.337 e. The van der Waals surface area contributed by atoms with E-state index >= 15 is 0 Å². The Morgan fingerprint density at radius 2 is 1.86 bits per heavy atom. The maximum atomic E-state index is 13.8. The Balaban J connectivity index is 1.70. The van der Waals surface area contributed by atoms with Crippen LogP contribution in [-0.4, -0.2) is 24.0 Å². The molecular formula is C20H15ClFN3O3. The van der Waals surface area contributed by atoms with Gasteiger partial charge in [-0.25, -0.2) is 14.2 Å². The van der Waals surface area contributed by atoms with E-state index in [9.17, 15) is 14.0 Å². The van der Waals surface area contributed by atoms with Crippen molar-refractivity contribution in [1.29, 1.82) is 0 Å². The van der Waals surface area contributed by atoms with Crippen LogP contribution in [-0.2, 0) is 4.74 Å². The van der Waals surface area contributed by atoms with Crippen LogP contribution in [0.2, 0.25) is 5.02 Å². The first-order valence-electron chi connectivity index (χ1n) is 8.15. The number of benzene rings is 2. The lowest BCUT2D eigenvalue weighted by atomic mass is 10.2. The first-order chi connectivity index (χ1) is 13.5. The summed E-state index contributed by atoms with van der Waals surface area (Å²) in [6.45, 7) is 0. The lowest BCUT2D eigenvalue weighted by Crippen LogP contribution is -2.14. The van der Waals surface area contributed by atoms with Crippen molar-refractivity contribution < 1.29 is 18.7 Å². The van der Waals surface area contributed by atoms with Gasteiger partial charge in [0, 0.05) is 5.69 Å². The molecular weight excluding hydrogens is 385 g/mol. The molecule has 142 valence electrons. The summed E-state index contributed by atoms with van der Waals surface area (Å²) in [5, 5.41) is 5.61. The number of hydrogen-bond donors (Lipinski definition) is 2. The van der Waals surface area contributed by atoms with Crippen LogP contribution in [0.1, 0.15) is 20.7 Å². The van der Waals surface area contributed by atoms with Gasteiger partial charge < -0.3 is 15.4 Å². The minimum Gasteiger partial charge on any atom is -0.465 e. The minimum atomic E-state index is -0.707. The van der Waals surface area contributed by atoms with Gasteiger partial charge in [0.15, 0.2) is 0 Å². The second kappa shape index (κ2) is 8.49. The summed E-state index contributed by atoms with van der Waals surface area (Å²) >= 11 is 5.89. The number of rotatable bonds is 5. The van der Waals surface area contributed by atoms with E-state index in [1.807, 2.05) is 0 Å². The standard InChI is InChI=1S/C20H15ClFN3O3/c1-28-20(27)12-4-2-5-13(10-12)24-17-9-8-14(11-23-17)25-19(26)18-15(21)6-3-7-16(18)22/h2-11H,1H3,(H,23,24)(H,25,26). The molecule has 3 aromatic rings. The Hall–Kier alpha value is -3.45. The number of amides is 1. The normalized spacial score (nSPS) is 10.2. The Labute approximate surface area is 165 Å². The number of halogens is 2. The third-order valence-corrected chi connectivity index (χ3v) is 4.08. The number of aromatic nitrogens is 1. The molecule has 0 bridgehead atoms. The highest BCUT2D eigenvalue weighted by molar-refractivity contribution is 6.34. The van der Waals surface area contributed by atoms with Crippen LogP contribution < -0.4 is 10.6 Å². The largest absolute Gasteiger partial charge is 0.465 e. The van der Waals surface area contributed by atoms with Gasteiger partial charge in [0.25, 0.3) is 5.91 Å². The molecule has 0 atom stereocenters. The summed E-state index contributed by atoms with van der Waals surface area (Å²) in [6.07, 6.45) is 1.42. The van der Waals surface area contributed by atoms with Crippen LogP contribution in [0.3, 0.4) is 0 Å². The van der Waals surface area contributed by atoms with E-state index in [0.29, 0.717) is 22.8 Å². The molecule has 6 nitrogen and oxygen atoms in total. The first kappa shape index (κ1) is 19.3.